The van der Waals surface area contributed by atoms with Crippen LogP contribution in [0.3, 0.4) is 0 Å². The van der Waals surface area contributed by atoms with Crippen LogP contribution in [-0.4, -0.2) is 40.7 Å². The maximum atomic E-state index is 12.0. The number of amides is 1. The van der Waals surface area contributed by atoms with Crippen molar-refractivity contribution in [2.45, 2.75) is 13.8 Å². The predicted octanol–water partition coefficient (Wildman–Crippen LogP) is 1.81. The Bertz CT molecular complexity index is 750. The van der Waals surface area contributed by atoms with Crippen LogP contribution in [-0.2, 0) is 11.8 Å². The molecule has 0 spiro atoms. The van der Waals surface area contributed by atoms with Gasteiger partial charge in [-0.05, 0) is 32.0 Å². The van der Waals surface area contributed by atoms with Gasteiger partial charge in [0.15, 0.2) is 0 Å². The Balaban J connectivity index is 2.01. The summed E-state index contributed by atoms with van der Waals surface area (Å²) in [5.74, 6) is 0.437. The van der Waals surface area contributed by atoms with Crippen LogP contribution in [0.4, 0.5) is 5.69 Å². The summed E-state index contributed by atoms with van der Waals surface area (Å²) < 4.78 is 6.79. The molecule has 2 N–H and O–H groups in total. The molecular formula is C16H20N4O3. The third-order valence-corrected chi connectivity index (χ3v) is 3.47. The fraction of sp³-hybridized carbons (Fsp3) is 0.312. The second-order valence-electron chi connectivity index (χ2n) is 5.11. The maximum Gasteiger partial charge on any atom is 0.246 e. The van der Waals surface area contributed by atoms with Gasteiger partial charge in [-0.3, -0.25) is 14.5 Å². The number of aryl methyl sites for hydroxylation is 2. The number of carbonyl (C=O) groups is 1. The highest BCUT2D eigenvalue weighted by atomic mass is 16.5. The van der Waals surface area contributed by atoms with Crippen molar-refractivity contribution in [1.82, 2.24) is 9.78 Å². The van der Waals surface area contributed by atoms with Gasteiger partial charge in [0.2, 0.25) is 5.91 Å². The molecule has 0 fully saturated rings. The number of nitrogens with zero attached hydrogens (tertiary/aromatic N) is 3. The van der Waals surface area contributed by atoms with E-state index in [1.807, 2.05) is 20.9 Å². The summed E-state index contributed by atoms with van der Waals surface area (Å²) in [6, 6.07) is 4.81. The van der Waals surface area contributed by atoms with E-state index in [1.165, 1.54) is 12.3 Å². The lowest BCUT2D eigenvalue weighted by Crippen LogP contribution is -2.16. The second-order valence-corrected chi connectivity index (χ2v) is 5.11. The molecule has 0 bridgehead atoms. The van der Waals surface area contributed by atoms with Crippen LogP contribution in [0.15, 0.2) is 23.2 Å². The SMILES string of the molecule is COc1ccc(O)c(C=NCC(=O)Nc2c(C)nn(C)c2C)c1. The minimum Gasteiger partial charge on any atom is -0.507 e. The van der Waals surface area contributed by atoms with E-state index in [1.54, 1.807) is 23.9 Å². The number of ether oxygens (including phenoxy) is 1. The highest BCUT2D eigenvalue weighted by molar-refractivity contribution is 5.95. The number of nitrogens with one attached hydrogen (secondary N) is 1. The minimum absolute atomic E-state index is 0.0512. The third kappa shape index (κ3) is 3.88. The van der Waals surface area contributed by atoms with Crippen molar-refractivity contribution in [2.75, 3.05) is 19.0 Å². The number of benzene rings is 1. The van der Waals surface area contributed by atoms with Crippen molar-refractivity contribution in [2.24, 2.45) is 12.0 Å². The number of phenols is 1. The van der Waals surface area contributed by atoms with Crippen LogP contribution in [0.2, 0.25) is 0 Å². The smallest absolute Gasteiger partial charge is 0.246 e. The van der Waals surface area contributed by atoms with Gasteiger partial charge in [0.1, 0.15) is 18.0 Å². The first-order valence-corrected chi connectivity index (χ1v) is 7.09. The van der Waals surface area contributed by atoms with Crippen LogP contribution >= 0.6 is 0 Å². The van der Waals surface area contributed by atoms with Crippen molar-refractivity contribution in [3.8, 4) is 11.5 Å². The zero-order valence-electron chi connectivity index (χ0n) is 13.6. The number of hydrogen-bond acceptors (Lipinski definition) is 5. The number of methoxy groups -OCH3 is 1. The molecule has 1 heterocycles. The highest BCUT2D eigenvalue weighted by Crippen LogP contribution is 2.21. The van der Waals surface area contributed by atoms with E-state index in [2.05, 4.69) is 15.4 Å². The first kappa shape index (κ1) is 16.5. The normalized spacial score (nSPS) is 11.0. The molecule has 0 aliphatic rings. The number of aliphatic imine (C=N–C) groups is 1. The Kier molecular flexibility index (Phi) is 5.00. The van der Waals surface area contributed by atoms with Crippen LogP contribution in [0.25, 0.3) is 0 Å². The molecule has 1 amide bonds. The van der Waals surface area contributed by atoms with Gasteiger partial charge in [0.05, 0.1) is 24.2 Å². The molecule has 0 radical (unpaired) electrons. The maximum absolute atomic E-state index is 12.0. The third-order valence-electron chi connectivity index (χ3n) is 3.47. The quantitative estimate of drug-likeness (QED) is 0.823. The average molecular weight is 316 g/mol. The molecule has 122 valence electrons. The van der Waals surface area contributed by atoms with Crippen molar-refractivity contribution in [3.63, 3.8) is 0 Å². The molecular weight excluding hydrogens is 296 g/mol. The fourth-order valence-electron chi connectivity index (χ4n) is 2.12. The van der Waals surface area contributed by atoms with Gasteiger partial charge in [0, 0.05) is 18.8 Å². The summed E-state index contributed by atoms with van der Waals surface area (Å²) in [5.41, 5.74) is 2.83. The number of phenolic OH excluding ortho intramolecular Hbond substituents is 1. The van der Waals surface area contributed by atoms with E-state index in [0.29, 0.717) is 17.0 Å². The lowest BCUT2D eigenvalue weighted by Gasteiger charge is -2.04. The van der Waals surface area contributed by atoms with Gasteiger partial charge in [-0.15, -0.1) is 0 Å². The summed E-state index contributed by atoms with van der Waals surface area (Å²) in [7, 11) is 3.36. The van der Waals surface area contributed by atoms with Crippen LogP contribution in [0, 0.1) is 13.8 Å². The van der Waals surface area contributed by atoms with Gasteiger partial charge < -0.3 is 15.2 Å². The lowest BCUT2D eigenvalue weighted by molar-refractivity contribution is -0.114. The Morgan fingerprint density at radius 2 is 2.22 bits per heavy atom. The molecule has 2 aromatic rings. The minimum atomic E-state index is -0.247. The average Bonchev–Trinajstić information content (AvgIpc) is 2.75. The molecule has 0 unspecified atom stereocenters. The van der Waals surface area contributed by atoms with Gasteiger partial charge >= 0.3 is 0 Å². The molecule has 0 saturated heterocycles. The molecule has 7 heteroatoms. The van der Waals surface area contributed by atoms with Crippen molar-refractivity contribution < 1.29 is 14.6 Å². The van der Waals surface area contributed by atoms with Crippen LogP contribution in [0.1, 0.15) is 17.0 Å². The topological polar surface area (TPSA) is 88.7 Å². The molecule has 1 aromatic heterocycles. The van der Waals surface area contributed by atoms with Crippen LogP contribution in [0.5, 0.6) is 11.5 Å². The molecule has 0 saturated carbocycles. The highest BCUT2D eigenvalue weighted by Gasteiger charge is 2.11. The first-order valence-electron chi connectivity index (χ1n) is 7.09. The molecule has 0 aliphatic carbocycles. The molecule has 2 rings (SSSR count). The van der Waals surface area contributed by atoms with Gasteiger partial charge in [-0.25, -0.2) is 0 Å². The monoisotopic (exact) mass is 316 g/mol. The first-order chi connectivity index (χ1) is 10.9. The number of aromatic hydroxyl groups is 1. The molecule has 0 atom stereocenters. The van der Waals surface area contributed by atoms with E-state index in [9.17, 15) is 9.90 Å². The summed E-state index contributed by atoms with van der Waals surface area (Å²) in [4.78, 5) is 16.0. The Morgan fingerprint density at radius 1 is 1.48 bits per heavy atom. The fourth-order valence-corrected chi connectivity index (χ4v) is 2.12. The Hall–Kier alpha value is -2.83. The second kappa shape index (κ2) is 6.95. The number of anilines is 1. The zero-order valence-corrected chi connectivity index (χ0v) is 13.6. The summed E-state index contributed by atoms with van der Waals surface area (Å²) in [6.07, 6.45) is 1.44. The number of rotatable bonds is 5. The van der Waals surface area contributed by atoms with Gasteiger partial charge in [0.25, 0.3) is 0 Å². The van der Waals surface area contributed by atoms with Crippen molar-refractivity contribution in [3.05, 3.63) is 35.2 Å². The molecule has 23 heavy (non-hydrogen) atoms. The Labute approximate surface area is 134 Å². The van der Waals surface area contributed by atoms with E-state index in [-0.39, 0.29) is 18.2 Å². The zero-order chi connectivity index (χ0) is 17.0. The number of hydrogen-bond donors (Lipinski definition) is 2. The van der Waals surface area contributed by atoms with Crippen LogP contribution < -0.4 is 10.1 Å². The molecule has 7 nitrogen and oxygen atoms in total. The number of carbonyl (C=O) groups excluding carboxylic acids is 1. The van der Waals surface area contributed by atoms with E-state index in [4.69, 9.17) is 4.74 Å². The van der Waals surface area contributed by atoms with E-state index < -0.39 is 0 Å². The molecule has 0 aliphatic heterocycles. The number of aromatic nitrogens is 2. The summed E-state index contributed by atoms with van der Waals surface area (Å²) in [6.45, 7) is 3.66. The standard InChI is InChI=1S/C16H20N4O3/c1-10-16(11(2)20(3)19-10)18-15(22)9-17-8-12-7-13(23-4)5-6-14(12)21/h5-8,21H,9H2,1-4H3,(H,18,22). The van der Waals surface area contributed by atoms with E-state index in [0.717, 1.165) is 11.4 Å². The van der Waals surface area contributed by atoms with E-state index >= 15 is 0 Å². The van der Waals surface area contributed by atoms with Gasteiger partial charge in [-0.2, -0.15) is 5.10 Å². The van der Waals surface area contributed by atoms with Crippen molar-refractivity contribution in [1.29, 1.82) is 0 Å². The predicted molar refractivity (Wildman–Crippen MR) is 88.4 cm³/mol. The largest absolute Gasteiger partial charge is 0.507 e. The summed E-state index contributed by atoms with van der Waals surface area (Å²) in [5, 5.41) is 16.8. The molecule has 1 aromatic carbocycles. The lowest BCUT2D eigenvalue weighted by atomic mass is 10.2. The van der Waals surface area contributed by atoms with Crippen molar-refractivity contribution >= 4 is 17.8 Å². The van der Waals surface area contributed by atoms with Gasteiger partial charge in [-0.1, -0.05) is 0 Å². The Morgan fingerprint density at radius 3 is 2.83 bits per heavy atom. The summed E-state index contributed by atoms with van der Waals surface area (Å²) >= 11 is 0.